The van der Waals surface area contributed by atoms with Crippen molar-refractivity contribution >= 4 is 69.4 Å². The first-order valence-corrected chi connectivity index (χ1v) is 0. The Bertz CT molecular complexity index is 3.61. The largest absolute Gasteiger partial charge is 0.187 e. The molecule has 0 aromatic heterocycles. The van der Waals surface area contributed by atoms with E-state index in [2.05, 4.69) is 0 Å². The maximum Gasteiger partial charge on any atom is 0.187 e. The summed E-state index contributed by atoms with van der Waals surface area (Å²) in [4.78, 5) is 0. The van der Waals surface area contributed by atoms with Gasteiger partial charge in [-0.1, -0.05) is 0 Å². The minimum atomic E-state index is 0. The fourth-order valence-electron chi connectivity index (χ4n) is 0. The van der Waals surface area contributed by atoms with Crippen LogP contribution in [0.1, 0.15) is 0 Å². The van der Waals surface area contributed by atoms with Crippen molar-refractivity contribution in [3.05, 3.63) is 0 Å². The molecule has 0 spiro atoms. The average Bonchev–Trinajstić information content (AvgIpc) is 0. The Labute approximate surface area is 88.3 Å². The van der Waals surface area contributed by atoms with E-state index in [1.807, 2.05) is 0 Å². The minimum absolute atomic E-state index is 0. The second-order valence-corrected chi connectivity index (χ2v) is 0. The Kier molecular flexibility index (Phi) is 271. The van der Waals surface area contributed by atoms with E-state index in [0.29, 0.717) is 0 Å². The van der Waals surface area contributed by atoms with Gasteiger partial charge in [-0.25, -0.2) is 0 Å². The first-order valence-electron chi connectivity index (χ1n) is 0. The third kappa shape index (κ3) is 20.0. The van der Waals surface area contributed by atoms with E-state index in [0.717, 1.165) is 0 Å². The molecule has 0 nitrogen and oxygen atoms in total. The zero-order valence-electron chi connectivity index (χ0n) is 0.333. The third-order valence-corrected chi connectivity index (χ3v) is 0. The molecule has 0 aliphatic heterocycles. The molecule has 0 saturated carbocycles. The molecule has 0 amide bonds. The molecule has 5 heavy (non-hydrogen) atoms. The first kappa shape index (κ1) is 46.3. The molecule has 5 heteroatoms. The second kappa shape index (κ2) is 29.3. The van der Waals surface area contributed by atoms with Gasteiger partial charge in [-0.2, -0.15) is 0 Å². The van der Waals surface area contributed by atoms with Gasteiger partial charge in [0, 0.05) is 20.1 Å². The quantitative estimate of drug-likeness (QED) is 0.394. The molecule has 0 saturated heterocycles. The molecule has 33 valence electrons. The summed E-state index contributed by atoms with van der Waals surface area (Å²) in [7, 11) is 0. The number of hydrogen-bond donors (Lipinski definition) is 0. The van der Waals surface area contributed by atoms with Crippen molar-refractivity contribution in [3.63, 3.8) is 0 Å². The van der Waals surface area contributed by atoms with Crippen molar-refractivity contribution < 1.29 is 20.1 Å². The summed E-state index contributed by atoms with van der Waals surface area (Å²) in [6.45, 7) is 0. The van der Waals surface area contributed by atoms with Crippen LogP contribution < -0.4 is 0 Å². The van der Waals surface area contributed by atoms with Crippen LogP contribution in [0, 0.1) is 0 Å². The van der Waals surface area contributed by atoms with E-state index < -0.39 is 0 Å². The molecule has 0 bridgehead atoms. The van der Waals surface area contributed by atoms with Gasteiger partial charge in [0.1, 0.15) is 0 Å². The molecular weight excluding hydrogens is 300 g/mol. The van der Waals surface area contributed by atoms with Gasteiger partial charge in [0.15, 0.2) is 69.4 Å². The Morgan fingerprint density at radius 1 is 0.400 bits per heavy atom. The molecule has 0 aliphatic rings. The minimum Gasteiger partial charge on any atom is 0 e. The predicted molar refractivity (Wildman–Crippen MR) is 39.8 cm³/mol. The summed E-state index contributed by atoms with van der Waals surface area (Å²) in [5.74, 6) is 0. The van der Waals surface area contributed by atoms with Gasteiger partial charge in [0.2, 0.25) is 0 Å². The number of rotatable bonds is 0. The number of hydrogen-bond acceptors (Lipinski definition) is 0. The molecule has 0 heterocycles. The maximum absolute atomic E-state index is 0. The van der Waals surface area contributed by atoms with E-state index in [1.54, 1.807) is 0 Å². The first-order chi connectivity index (χ1) is 0. The van der Waals surface area contributed by atoms with Crippen LogP contribution >= 0.6 is 0 Å². The fraction of sp³-hybridized carbons (Fsp3) is 0. The monoisotopic (exact) mass is 313 g/mol. The molecule has 0 aromatic rings. The summed E-state index contributed by atoms with van der Waals surface area (Å²) >= 11 is 0. The summed E-state index contributed by atoms with van der Waals surface area (Å²) in [5, 5.41) is 0. The summed E-state index contributed by atoms with van der Waals surface area (Å²) in [6, 6.07) is 0. The van der Waals surface area contributed by atoms with E-state index in [9.17, 15) is 0 Å². The Hall–Kier alpha value is 2.78. The van der Waals surface area contributed by atoms with Crippen LogP contribution in [0.3, 0.4) is 0 Å². The molecule has 0 unspecified atom stereocenters. The summed E-state index contributed by atoms with van der Waals surface area (Å²) < 4.78 is 0. The van der Waals surface area contributed by atoms with E-state index in [1.165, 1.54) is 0 Å². The van der Waals surface area contributed by atoms with Crippen molar-refractivity contribution in [2.45, 2.75) is 0 Å². The fourth-order valence-corrected chi connectivity index (χ4v) is 0. The maximum atomic E-state index is 0. The van der Waals surface area contributed by atoms with E-state index >= 15 is 0 Å². The van der Waals surface area contributed by atoms with Gasteiger partial charge in [-0.05, 0) is 0 Å². The van der Waals surface area contributed by atoms with Gasteiger partial charge >= 0.3 is 0 Å². The molecular formula is H12Al4Ir. The molecule has 0 N–H and O–H groups in total. The van der Waals surface area contributed by atoms with Crippen LogP contribution in [0.4, 0.5) is 0 Å². The van der Waals surface area contributed by atoms with Crippen molar-refractivity contribution in [2.24, 2.45) is 0 Å². The molecule has 0 aromatic carbocycles. The van der Waals surface area contributed by atoms with Crippen LogP contribution in [0.5, 0.6) is 0 Å². The van der Waals surface area contributed by atoms with E-state index in [-0.39, 0.29) is 89.5 Å². The van der Waals surface area contributed by atoms with Gasteiger partial charge in [0.05, 0.1) is 0 Å². The summed E-state index contributed by atoms with van der Waals surface area (Å²) in [6.07, 6.45) is 0. The van der Waals surface area contributed by atoms with Gasteiger partial charge < -0.3 is 0 Å². The van der Waals surface area contributed by atoms with E-state index in [4.69, 9.17) is 0 Å². The van der Waals surface area contributed by atoms with Crippen molar-refractivity contribution in [1.29, 1.82) is 0 Å². The Morgan fingerprint density at radius 3 is 0.400 bits per heavy atom. The SMILES string of the molecule is [AlH3].[AlH3].[AlH3].[AlH3].[Ir]. The van der Waals surface area contributed by atoms with Gasteiger partial charge in [-0.15, -0.1) is 0 Å². The van der Waals surface area contributed by atoms with Crippen molar-refractivity contribution in [2.75, 3.05) is 0 Å². The average molecular weight is 312 g/mol. The molecule has 0 aliphatic carbocycles. The predicted octanol–water partition coefficient (Wildman–Crippen LogP) is -4.74. The second-order valence-electron chi connectivity index (χ2n) is 0. The van der Waals surface area contributed by atoms with Crippen molar-refractivity contribution in [3.8, 4) is 0 Å². The zero-order valence-corrected chi connectivity index (χ0v) is 2.73. The van der Waals surface area contributed by atoms with Crippen LogP contribution in [0.2, 0.25) is 0 Å². The van der Waals surface area contributed by atoms with Gasteiger partial charge in [0.25, 0.3) is 0 Å². The molecule has 1 radical (unpaired) electrons. The molecule has 0 fully saturated rings. The normalized spacial score (nSPS) is 0. The van der Waals surface area contributed by atoms with Gasteiger partial charge in [-0.3, -0.25) is 0 Å². The molecule has 0 atom stereocenters. The Balaban J connectivity index is 0. The van der Waals surface area contributed by atoms with Crippen LogP contribution in [-0.4, -0.2) is 69.4 Å². The van der Waals surface area contributed by atoms with Crippen LogP contribution in [0.25, 0.3) is 0 Å². The topological polar surface area (TPSA) is 0 Å². The third-order valence-electron chi connectivity index (χ3n) is 0. The zero-order chi connectivity index (χ0) is 0. The molecule has 0 rings (SSSR count). The standard InChI is InChI=1S/4Al.Ir.12H. The smallest absolute Gasteiger partial charge is 0 e. The van der Waals surface area contributed by atoms with Crippen LogP contribution in [-0.2, 0) is 20.1 Å². The van der Waals surface area contributed by atoms with Crippen LogP contribution in [0.15, 0.2) is 0 Å². The summed E-state index contributed by atoms with van der Waals surface area (Å²) in [5.41, 5.74) is 0. The van der Waals surface area contributed by atoms with Crippen molar-refractivity contribution in [1.82, 2.24) is 0 Å². The Morgan fingerprint density at radius 2 is 0.400 bits per heavy atom.